The molecular formula is C13H2F10N4. The Kier molecular flexibility index (Phi) is 5.00. The Hall–Kier alpha value is -2.98. The lowest BCUT2D eigenvalue weighted by atomic mass is 10.0. The third kappa shape index (κ3) is 3.76. The van der Waals surface area contributed by atoms with Crippen molar-refractivity contribution in [3.63, 3.8) is 0 Å². The largest absolute Gasteiger partial charge is 0.451 e. The summed E-state index contributed by atoms with van der Waals surface area (Å²) < 4.78 is 131. The number of aromatic nitrogens is 3. The van der Waals surface area contributed by atoms with Crippen LogP contribution in [0.5, 0.6) is 0 Å². The van der Waals surface area contributed by atoms with E-state index >= 15 is 0 Å². The molecule has 0 radical (unpaired) electrons. The topological polar surface area (TPSA) is 62.5 Å². The van der Waals surface area contributed by atoms with Gasteiger partial charge < -0.3 is 0 Å². The van der Waals surface area contributed by atoms with E-state index in [0.29, 0.717) is 0 Å². The van der Waals surface area contributed by atoms with Crippen LogP contribution in [-0.2, 0) is 18.8 Å². The summed E-state index contributed by atoms with van der Waals surface area (Å²) in [7, 11) is 0. The first kappa shape index (κ1) is 20.3. The van der Waals surface area contributed by atoms with Crippen molar-refractivity contribution in [2.45, 2.75) is 18.8 Å². The van der Waals surface area contributed by atoms with Gasteiger partial charge in [-0.15, -0.1) is 0 Å². The van der Waals surface area contributed by atoms with E-state index < -0.39 is 70.6 Å². The predicted octanol–water partition coefficient (Wildman–Crippen LogP) is 4.20. The van der Waals surface area contributed by atoms with Crippen molar-refractivity contribution in [1.29, 1.82) is 5.26 Å². The Morgan fingerprint density at radius 2 is 1.19 bits per heavy atom. The number of rotatable bonds is 2. The molecule has 0 unspecified atom stereocenters. The lowest BCUT2D eigenvalue weighted by Crippen LogP contribution is -2.20. The van der Waals surface area contributed by atoms with Gasteiger partial charge in [0.25, 0.3) is 0 Å². The van der Waals surface area contributed by atoms with Crippen LogP contribution >= 0.6 is 0 Å². The molecular weight excluding hydrogens is 402 g/mol. The van der Waals surface area contributed by atoms with Crippen molar-refractivity contribution < 1.29 is 43.9 Å². The number of benzene rings is 1. The highest BCUT2D eigenvalue weighted by Gasteiger charge is 2.42. The van der Waals surface area contributed by atoms with Crippen LogP contribution in [0.25, 0.3) is 11.4 Å². The fraction of sp³-hybridized carbons (Fsp3) is 0.231. The molecule has 0 aliphatic carbocycles. The fourth-order valence-electron chi connectivity index (χ4n) is 1.85. The zero-order valence-electron chi connectivity index (χ0n) is 12.3. The minimum absolute atomic E-state index is 1.18. The van der Waals surface area contributed by atoms with Crippen LogP contribution in [0.3, 0.4) is 0 Å². The molecule has 4 nitrogen and oxygen atoms in total. The lowest BCUT2D eigenvalue weighted by molar-refractivity contribution is -0.155. The second kappa shape index (κ2) is 6.63. The standard InChI is InChI=1S/C13H2F10N4/c14-5-3(1-2-24)6(15)8(17)7(16)4(5)9-25-10(12(18,19)20)27-11(26-9)13(21,22)23/h1H2. The van der Waals surface area contributed by atoms with E-state index in [4.69, 9.17) is 5.26 Å². The van der Waals surface area contributed by atoms with Crippen LogP contribution in [0.4, 0.5) is 43.9 Å². The highest BCUT2D eigenvalue weighted by molar-refractivity contribution is 5.59. The molecule has 1 heterocycles. The van der Waals surface area contributed by atoms with E-state index in [-0.39, 0.29) is 0 Å². The molecule has 2 aromatic rings. The molecule has 0 bridgehead atoms. The summed E-state index contributed by atoms with van der Waals surface area (Å²) in [5.74, 6) is -16.0. The van der Waals surface area contributed by atoms with Crippen LogP contribution in [0.15, 0.2) is 0 Å². The summed E-state index contributed by atoms with van der Waals surface area (Å²) in [4.78, 5) is 7.09. The van der Waals surface area contributed by atoms with Gasteiger partial charge in [0.05, 0.1) is 18.1 Å². The monoisotopic (exact) mass is 404 g/mol. The first-order valence-corrected chi connectivity index (χ1v) is 6.41. The summed E-state index contributed by atoms with van der Waals surface area (Å²) in [6, 6.07) is 1.18. The van der Waals surface area contributed by atoms with Crippen LogP contribution in [0.2, 0.25) is 0 Å². The summed E-state index contributed by atoms with van der Waals surface area (Å²) in [6.45, 7) is 0. The predicted molar refractivity (Wildman–Crippen MR) is 64.4 cm³/mol. The lowest BCUT2D eigenvalue weighted by Gasteiger charge is -2.13. The van der Waals surface area contributed by atoms with E-state index in [9.17, 15) is 43.9 Å². The van der Waals surface area contributed by atoms with Gasteiger partial charge in [-0.1, -0.05) is 0 Å². The van der Waals surface area contributed by atoms with Gasteiger partial charge in [0.2, 0.25) is 11.6 Å². The Morgan fingerprint density at radius 3 is 1.59 bits per heavy atom. The van der Waals surface area contributed by atoms with Crippen LogP contribution in [-0.4, -0.2) is 15.0 Å². The molecule has 0 amide bonds. The maximum absolute atomic E-state index is 14.2. The number of hydrogen-bond acceptors (Lipinski definition) is 4. The molecule has 0 saturated heterocycles. The second-order valence-corrected chi connectivity index (χ2v) is 4.75. The number of hydrogen-bond donors (Lipinski definition) is 0. The molecule has 0 fully saturated rings. The quantitative estimate of drug-likeness (QED) is 0.428. The molecule has 27 heavy (non-hydrogen) atoms. The molecule has 0 spiro atoms. The van der Waals surface area contributed by atoms with Gasteiger partial charge in [0.1, 0.15) is 5.82 Å². The Bertz CT molecular complexity index is 910. The highest BCUT2D eigenvalue weighted by atomic mass is 19.4. The molecule has 14 heteroatoms. The van der Waals surface area contributed by atoms with Gasteiger partial charge >= 0.3 is 12.4 Å². The fourth-order valence-corrected chi connectivity index (χ4v) is 1.85. The van der Waals surface area contributed by atoms with Crippen molar-refractivity contribution in [2.24, 2.45) is 0 Å². The zero-order valence-corrected chi connectivity index (χ0v) is 12.3. The molecule has 0 aliphatic rings. The molecule has 1 aromatic heterocycles. The van der Waals surface area contributed by atoms with E-state index in [1.165, 1.54) is 6.07 Å². The number of nitriles is 1. The molecule has 2 rings (SSSR count). The van der Waals surface area contributed by atoms with Crippen molar-refractivity contribution in [1.82, 2.24) is 15.0 Å². The molecule has 0 saturated carbocycles. The van der Waals surface area contributed by atoms with Gasteiger partial charge in [-0.25, -0.2) is 32.5 Å². The molecule has 0 N–H and O–H groups in total. The molecule has 0 aliphatic heterocycles. The smallest absolute Gasteiger partial charge is 0.206 e. The first-order valence-electron chi connectivity index (χ1n) is 6.41. The van der Waals surface area contributed by atoms with Gasteiger partial charge in [-0.3, -0.25) is 0 Å². The van der Waals surface area contributed by atoms with Crippen molar-refractivity contribution >= 4 is 0 Å². The van der Waals surface area contributed by atoms with Gasteiger partial charge in [0.15, 0.2) is 23.3 Å². The van der Waals surface area contributed by atoms with E-state index in [1.54, 1.807) is 0 Å². The average molecular weight is 404 g/mol. The van der Waals surface area contributed by atoms with Crippen molar-refractivity contribution in [3.8, 4) is 17.5 Å². The summed E-state index contributed by atoms with van der Waals surface area (Å²) in [6.07, 6.45) is -12.4. The summed E-state index contributed by atoms with van der Waals surface area (Å²) in [5.41, 5.74) is -3.33. The average Bonchev–Trinajstić information content (AvgIpc) is 2.55. The SMILES string of the molecule is N#CCc1c(F)c(F)c(F)c(-c2nc(C(F)(F)F)nc(C(F)(F)F)n2)c1F. The number of alkyl halides is 6. The molecule has 0 atom stereocenters. The maximum atomic E-state index is 14.2. The number of halogens is 10. The molecule has 1 aromatic carbocycles. The first-order chi connectivity index (χ1) is 12.3. The number of nitrogens with zero attached hydrogens (tertiary/aromatic N) is 4. The summed E-state index contributed by atoms with van der Waals surface area (Å²) in [5, 5.41) is 8.45. The zero-order chi connectivity index (χ0) is 20.7. The van der Waals surface area contributed by atoms with Crippen LogP contribution in [0, 0.1) is 34.6 Å². The molecule has 144 valence electrons. The van der Waals surface area contributed by atoms with Gasteiger partial charge in [0, 0.05) is 5.56 Å². The Morgan fingerprint density at radius 1 is 0.704 bits per heavy atom. The van der Waals surface area contributed by atoms with E-state index in [1.807, 2.05) is 0 Å². The Labute approximate surface area is 142 Å². The second-order valence-electron chi connectivity index (χ2n) is 4.75. The third-order valence-corrected chi connectivity index (χ3v) is 2.98. The van der Waals surface area contributed by atoms with Crippen LogP contribution in [0.1, 0.15) is 17.2 Å². The highest BCUT2D eigenvalue weighted by Crippen LogP contribution is 2.35. The third-order valence-electron chi connectivity index (χ3n) is 2.98. The minimum atomic E-state index is -5.58. The van der Waals surface area contributed by atoms with E-state index in [0.717, 1.165) is 0 Å². The van der Waals surface area contributed by atoms with Crippen molar-refractivity contribution in [3.05, 3.63) is 40.5 Å². The van der Waals surface area contributed by atoms with E-state index in [2.05, 4.69) is 15.0 Å². The van der Waals surface area contributed by atoms with Crippen LogP contribution < -0.4 is 0 Å². The van der Waals surface area contributed by atoms with Gasteiger partial charge in [-0.2, -0.15) is 31.6 Å². The summed E-state index contributed by atoms with van der Waals surface area (Å²) >= 11 is 0. The minimum Gasteiger partial charge on any atom is -0.206 e. The Balaban J connectivity index is 2.92. The maximum Gasteiger partial charge on any atom is 0.451 e. The van der Waals surface area contributed by atoms with Gasteiger partial charge in [-0.05, 0) is 0 Å². The normalized spacial score (nSPS) is 12.2. The van der Waals surface area contributed by atoms with Crippen molar-refractivity contribution in [2.75, 3.05) is 0 Å².